The van der Waals surface area contributed by atoms with Gasteiger partial charge in [0.15, 0.2) is 7.20 Å². The molecule has 1 fully saturated rings. The number of rotatable bonds is 30. The minimum Gasteiger partial charge on any atom is -0.445 e. The van der Waals surface area contributed by atoms with Crippen LogP contribution in [0.15, 0.2) is 30.3 Å². The molecule has 0 radical (unpaired) electrons. The summed E-state index contributed by atoms with van der Waals surface area (Å²) in [6.45, 7) is 4.25. The van der Waals surface area contributed by atoms with Gasteiger partial charge in [-0.25, -0.2) is 4.79 Å². The van der Waals surface area contributed by atoms with Crippen molar-refractivity contribution in [2.24, 2.45) is 11.7 Å². The number of aliphatic hydroxyl groups is 3. The van der Waals surface area contributed by atoms with Crippen LogP contribution in [-0.2, 0) is 30.5 Å². The van der Waals surface area contributed by atoms with Gasteiger partial charge in [-0.1, -0.05) is 153 Å². The molecule has 13 nitrogen and oxygen atoms in total. The first-order valence-electron chi connectivity index (χ1n) is 21.9. The Bertz CT molecular complexity index is 1290. The van der Waals surface area contributed by atoms with Gasteiger partial charge in [-0.05, 0) is 25.3 Å². The van der Waals surface area contributed by atoms with Gasteiger partial charge in [-0.15, -0.1) is 0 Å². The van der Waals surface area contributed by atoms with Crippen molar-refractivity contribution in [1.29, 1.82) is 0 Å². The van der Waals surface area contributed by atoms with E-state index in [0.29, 0.717) is 23.7 Å². The number of ether oxygens (including phenoxy) is 2. The fourth-order valence-corrected chi connectivity index (χ4v) is 7.30. The Balaban J connectivity index is 2.17. The van der Waals surface area contributed by atoms with Crippen LogP contribution in [-0.4, -0.2) is 93.8 Å². The summed E-state index contributed by atoms with van der Waals surface area (Å²) < 4.78 is 19.2. The first-order chi connectivity index (χ1) is 27.4. The van der Waals surface area contributed by atoms with Crippen LogP contribution < -0.4 is 16.4 Å². The molecule has 13 heteroatoms. The molecule has 0 aromatic heterocycles. The third kappa shape index (κ3) is 17.6. The van der Waals surface area contributed by atoms with Crippen LogP contribution in [0.1, 0.15) is 155 Å². The van der Waals surface area contributed by atoms with Gasteiger partial charge in [-0.3, -0.25) is 20.1 Å². The van der Waals surface area contributed by atoms with Crippen LogP contribution in [0.3, 0.4) is 0 Å². The van der Waals surface area contributed by atoms with Crippen molar-refractivity contribution in [3.05, 3.63) is 35.9 Å². The third-order valence-electron chi connectivity index (χ3n) is 10.7. The van der Waals surface area contributed by atoms with E-state index in [1.807, 2.05) is 0 Å². The Kier molecular flexibility index (Phi) is 23.9. The molecule has 1 aromatic rings. The lowest BCUT2D eigenvalue weighted by Gasteiger charge is -2.53. The summed E-state index contributed by atoms with van der Waals surface area (Å²) >= 11 is 0. The average Bonchev–Trinajstić information content (AvgIpc) is 3.19. The number of carbonyl (C=O) groups excluding carboxylic acids is 4. The molecule has 1 aromatic carbocycles. The molecule has 1 heterocycles. The molecule has 0 spiro atoms. The number of nitrogens with two attached hydrogens (primary N) is 1. The third-order valence-corrected chi connectivity index (χ3v) is 10.7. The Morgan fingerprint density at radius 2 is 1.36 bits per heavy atom. The van der Waals surface area contributed by atoms with Gasteiger partial charge in [0, 0.05) is 13.0 Å². The lowest BCUT2D eigenvalue weighted by atomic mass is 9.80. The summed E-state index contributed by atoms with van der Waals surface area (Å²) in [7, 11) is 0. The number of alkyl carbamates (subject to hydrolysis) is 1. The quantitative estimate of drug-likeness (QED) is 0.0397. The molecule has 0 unspecified atom stereocenters. The van der Waals surface area contributed by atoms with E-state index in [0.717, 1.165) is 51.4 Å². The minimum absolute atomic E-state index is 0.103. The fourth-order valence-electron chi connectivity index (χ4n) is 7.30. The van der Waals surface area contributed by atoms with Crippen LogP contribution >= 0.6 is 0 Å². The van der Waals surface area contributed by atoms with Gasteiger partial charge in [0.2, 0.25) is 17.7 Å². The highest BCUT2D eigenvalue weighted by molar-refractivity contribution is 5.93. The number of ketones is 1. The number of carbonyl (C=O) groups is 4. The van der Waals surface area contributed by atoms with Crippen molar-refractivity contribution in [2.45, 2.75) is 186 Å². The predicted molar refractivity (Wildman–Crippen MR) is 217 cm³/mol. The van der Waals surface area contributed by atoms with Gasteiger partial charge in [0.1, 0.15) is 31.3 Å². The van der Waals surface area contributed by atoms with Crippen molar-refractivity contribution in [3.8, 4) is 0 Å². The molecule has 6 atom stereocenters. The van der Waals surface area contributed by atoms with E-state index in [4.69, 9.17) is 16.6 Å². The zero-order valence-corrected chi connectivity index (χ0v) is 34.5. The molecule has 2 rings (SSSR count). The van der Waals surface area contributed by atoms with Crippen LogP contribution in [0.25, 0.3) is 0 Å². The van der Waals surface area contributed by atoms with Crippen LogP contribution in [0, 0.1) is 5.92 Å². The largest absolute Gasteiger partial charge is 0.445 e. The number of aliphatic hydroxyl groups excluding tert-OH is 3. The molecule has 3 amide bonds. The lowest BCUT2D eigenvalue weighted by Crippen LogP contribution is -2.76. The smallest absolute Gasteiger partial charge is 0.407 e. The number of unbranched alkanes of at least 4 members (excludes halogenated alkanes) is 17. The number of benzene rings is 1. The normalized spacial score (nSPS) is 21.5. The van der Waals surface area contributed by atoms with E-state index in [1.54, 1.807) is 30.3 Å². The zero-order chi connectivity index (χ0) is 42.1. The minimum atomic E-state index is -2.26. The molecule has 320 valence electrons. The monoisotopic (exact) mass is 792 g/mol. The molecular formula is C43H74N4O9. The fraction of sp³-hybridized carbons (Fsp3) is 0.767. The van der Waals surface area contributed by atoms with E-state index in [1.165, 1.54) is 69.6 Å². The predicted octanol–water partition coefficient (Wildman–Crippen LogP) is 6.00. The van der Waals surface area contributed by atoms with Crippen molar-refractivity contribution in [1.82, 2.24) is 15.5 Å². The Morgan fingerprint density at radius 3 is 1.89 bits per heavy atom. The van der Waals surface area contributed by atoms with E-state index >= 15 is 0 Å². The molecule has 56 heavy (non-hydrogen) atoms. The SMILES string of the molecule is [2H]N(CC(=O)N[C@@H](C)C(=O)[C@@H]1[C@@H](O)[C@H](O)[C@@H](CO)O[C@@]1(N)N(CCCCCCCCCCCC)C(=O)CCCCCCCCCCC)C(=O)OCc1ccccc1. The van der Waals surface area contributed by atoms with Crippen LogP contribution in [0.5, 0.6) is 0 Å². The second-order valence-corrected chi connectivity index (χ2v) is 15.4. The second-order valence-electron chi connectivity index (χ2n) is 15.4. The molecule has 1 aliphatic heterocycles. The topological polar surface area (TPSA) is 201 Å². The summed E-state index contributed by atoms with van der Waals surface area (Å²) in [6.07, 6.45) is 14.2. The number of nitrogens with zero attached hydrogens (tertiary/aromatic N) is 1. The molecular weight excluding hydrogens is 716 g/mol. The molecule has 0 saturated carbocycles. The first-order valence-corrected chi connectivity index (χ1v) is 21.4. The van der Waals surface area contributed by atoms with Crippen molar-refractivity contribution < 1.29 is 45.4 Å². The van der Waals surface area contributed by atoms with E-state index in [2.05, 4.69) is 19.2 Å². The number of amides is 3. The molecule has 1 saturated heterocycles. The number of hydrogen-bond donors (Lipinski definition) is 6. The van der Waals surface area contributed by atoms with E-state index < -0.39 is 67.1 Å². The maximum Gasteiger partial charge on any atom is 0.407 e. The molecule has 0 bridgehead atoms. The maximum atomic E-state index is 14.2. The maximum absolute atomic E-state index is 14.2. The second kappa shape index (κ2) is 28.3. The zero-order valence-electron chi connectivity index (χ0n) is 35.5. The van der Waals surface area contributed by atoms with E-state index in [9.17, 15) is 34.5 Å². The molecule has 0 aliphatic carbocycles. The number of hydrogen-bond acceptors (Lipinski definition) is 10. The Labute approximate surface area is 337 Å². The van der Waals surface area contributed by atoms with Gasteiger partial charge in [0.05, 0.1) is 18.8 Å². The summed E-state index contributed by atoms with van der Waals surface area (Å²) in [5.74, 6) is -6.05. The van der Waals surface area contributed by atoms with Gasteiger partial charge >= 0.3 is 6.09 Å². The van der Waals surface area contributed by atoms with Gasteiger partial charge < -0.3 is 40.3 Å². The van der Waals surface area contributed by atoms with Crippen molar-refractivity contribution >= 4 is 23.7 Å². The molecule has 7 N–H and O–H groups in total. The lowest BCUT2D eigenvalue weighted by molar-refractivity contribution is -0.291. The standard InChI is InChI=1S/C43H74N4O9/c1-4-6-8-10-12-14-16-18-20-25-29-47(37(50)28-24-19-17-15-13-11-9-7-5-2)43(44)38(41(53)40(52)35(31-48)56-43)39(51)33(3)46-36(49)30-45-42(54)55-32-34-26-22-21-23-27-34/h21-23,26-27,33,35,38,40-41,48,52-53H,4-20,24-25,28-32,44H2,1-3H3,(H,45,54)(H,46,49)/t33-,35+,38+,40+,41+,43-/m0/s1/i/hD. The van der Waals surface area contributed by atoms with Gasteiger partial charge in [-0.2, -0.15) is 0 Å². The Hall–Kier alpha value is -3.10. The number of nitrogens with one attached hydrogen (secondary N) is 2. The Morgan fingerprint density at radius 1 is 0.839 bits per heavy atom. The van der Waals surface area contributed by atoms with E-state index in [-0.39, 0.29) is 25.5 Å². The van der Waals surface area contributed by atoms with Crippen LogP contribution in [0.4, 0.5) is 4.79 Å². The highest BCUT2D eigenvalue weighted by atomic mass is 16.6. The summed E-state index contributed by atoms with van der Waals surface area (Å²) in [5, 5.41) is 35.2. The highest BCUT2D eigenvalue weighted by Gasteiger charge is 2.59. The first kappa shape index (κ1) is 47.3. The highest BCUT2D eigenvalue weighted by Crippen LogP contribution is 2.36. The number of Topliss-reactive ketones (excluding diaryl/α,β-unsaturated/α-hetero) is 1. The van der Waals surface area contributed by atoms with Crippen molar-refractivity contribution in [2.75, 3.05) is 19.7 Å². The van der Waals surface area contributed by atoms with Crippen LogP contribution in [0.2, 0.25) is 1.41 Å². The summed E-state index contributed by atoms with van der Waals surface area (Å²) in [4.78, 5) is 54.9. The van der Waals surface area contributed by atoms with Crippen molar-refractivity contribution in [3.63, 3.8) is 0 Å². The average molecular weight is 792 g/mol. The summed E-state index contributed by atoms with van der Waals surface area (Å²) in [6, 6.07) is 7.48. The summed E-state index contributed by atoms with van der Waals surface area (Å²) in [5.41, 5.74) is 7.63. The molecule has 1 aliphatic rings. The van der Waals surface area contributed by atoms with Gasteiger partial charge in [0.25, 0.3) is 0 Å².